The summed E-state index contributed by atoms with van der Waals surface area (Å²) < 4.78 is 1.59. The third-order valence-corrected chi connectivity index (χ3v) is 4.81. The van der Waals surface area contributed by atoms with Crippen molar-refractivity contribution in [1.29, 1.82) is 0 Å². The van der Waals surface area contributed by atoms with Crippen LogP contribution in [0.4, 0.5) is 0 Å². The molecule has 6 heteroatoms. The Morgan fingerprint density at radius 2 is 1.71 bits per heavy atom. The summed E-state index contributed by atoms with van der Waals surface area (Å²) in [5.41, 5.74) is 2.11. The van der Waals surface area contributed by atoms with Crippen molar-refractivity contribution < 1.29 is 4.79 Å². The second kappa shape index (κ2) is 8.00. The number of fused-ring (bicyclic) bond motifs is 1. The van der Waals surface area contributed by atoms with Crippen molar-refractivity contribution in [3.8, 4) is 0 Å². The highest BCUT2D eigenvalue weighted by atomic mass is 16.2. The highest BCUT2D eigenvalue weighted by Crippen LogP contribution is 2.17. The largest absolute Gasteiger partial charge is 0.350 e. The molecule has 0 aliphatic heterocycles. The second-order valence-corrected chi connectivity index (χ2v) is 6.78. The molecule has 140 valence electrons. The van der Waals surface area contributed by atoms with Gasteiger partial charge in [-0.15, -0.1) is 5.10 Å². The zero-order valence-electron chi connectivity index (χ0n) is 15.6. The first kappa shape index (κ1) is 17.9. The van der Waals surface area contributed by atoms with Crippen molar-refractivity contribution in [3.05, 3.63) is 89.7 Å². The second-order valence-electron chi connectivity index (χ2n) is 6.78. The summed E-state index contributed by atoms with van der Waals surface area (Å²) in [6.45, 7) is 2.25. The molecule has 3 aromatic carbocycles. The van der Waals surface area contributed by atoms with Crippen LogP contribution in [0.25, 0.3) is 10.8 Å². The first-order valence-electron chi connectivity index (χ1n) is 9.24. The van der Waals surface area contributed by atoms with E-state index in [1.807, 2.05) is 48.5 Å². The topological polar surface area (TPSA) is 72.7 Å². The van der Waals surface area contributed by atoms with Gasteiger partial charge in [-0.1, -0.05) is 66.7 Å². The lowest BCUT2D eigenvalue weighted by Gasteiger charge is -2.18. The number of benzene rings is 3. The van der Waals surface area contributed by atoms with Gasteiger partial charge < -0.3 is 5.32 Å². The van der Waals surface area contributed by atoms with Gasteiger partial charge in [-0.2, -0.15) is 0 Å². The average molecular weight is 371 g/mol. The van der Waals surface area contributed by atoms with Crippen LogP contribution in [0.15, 0.2) is 72.8 Å². The Kier molecular flexibility index (Phi) is 5.10. The Bertz CT molecular complexity index is 1090. The fourth-order valence-corrected chi connectivity index (χ4v) is 3.31. The van der Waals surface area contributed by atoms with Gasteiger partial charge in [-0.25, -0.2) is 4.68 Å². The number of rotatable bonds is 6. The van der Waals surface area contributed by atoms with E-state index in [1.165, 1.54) is 5.39 Å². The zero-order valence-corrected chi connectivity index (χ0v) is 15.6. The maximum Gasteiger partial charge on any atom is 0.245 e. The van der Waals surface area contributed by atoms with E-state index in [-0.39, 0.29) is 5.91 Å². The van der Waals surface area contributed by atoms with Crippen LogP contribution in [0.1, 0.15) is 23.0 Å². The molecule has 0 bridgehead atoms. The Hall–Kier alpha value is -3.54. The fraction of sp³-hybridized carbons (Fsp3) is 0.182. The molecule has 1 N–H and O–H groups in total. The van der Waals surface area contributed by atoms with Crippen molar-refractivity contribution in [1.82, 2.24) is 25.5 Å². The number of nitrogens with zero attached hydrogens (tertiary/aromatic N) is 4. The molecule has 1 amide bonds. The number of tetrazole rings is 1. The quantitative estimate of drug-likeness (QED) is 0.565. The van der Waals surface area contributed by atoms with Gasteiger partial charge in [0.05, 0.1) is 0 Å². The number of nitrogens with one attached hydrogen (secondary N) is 1. The lowest BCUT2D eigenvalue weighted by atomic mass is 10.0. The maximum absolute atomic E-state index is 13.0. The summed E-state index contributed by atoms with van der Waals surface area (Å²) in [6, 6.07) is 23.8. The van der Waals surface area contributed by atoms with Gasteiger partial charge in [-0.3, -0.25) is 4.79 Å². The van der Waals surface area contributed by atoms with E-state index in [9.17, 15) is 4.79 Å². The molecule has 4 rings (SSSR count). The van der Waals surface area contributed by atoms with Gasteiger partial charge in [0.15, 0.2) is 0 Å². The van der Waals surface area contributed by atoms with Crippen molar-refractivity contribution >= 4 is 16.7 Å². The number of aromatic nitrogens is 4. The predicted octanol–water partition coefficient (Wildman–Crippen LogP) is 3.23. The molecule has 1 heterocycles. The Balaban J connectivity index is 1.52. The summed E-state index contributed by atoms with van der Waals surface area (Å²) in [5.74, 6) is 0.509. The Labute approximate surface area is 163 Å². The Morgan fingerprint density at radius 1 is 0.964 bits per heavy atom. The van der Waals surface area contributed by atoms with Crippen LogP contribution in [0.5, 0.6) is 0 Å². The van der Waals surface area contributed by atoms with E-state index in [2.05, 4.69) is 45.1 Å². The molecule has 0 aliphatic rings. The molecule has 6 nitrogen and oxygen atoms in total. The lowest BCUT2D eigenvalue weighted by molar-refractivity contribution is -0.124. The smallest absolute Gasteiger partial charge is 0.245 e. The van der Waals surface area contributed by atoms with E-state index >= 15 is 0 Å². The molecule has 0 fully saturated rings. The van der Waals surface area contributed by atoms with Crippen LogP contribution in [-0.2, 0) is 17.8 Å². The van der Waals surface area contributed by atoms with Crippen LogP contribution in [0.3, 0.4) is 0 Å². The van der Waals surface area contributed by atoms with Gasteiger partial charge in [0.1, 0.15) is 11.9 Å². The number of carbonyl (C=O) groups excluding carboxylic acids is 1. The molecule has 0 radical (unpaired) electrons. The summed E-state index contributed by atoms with van der Waals surface area (Å²) >= 11 is 0. The normalized spacial score (nSPS) is 12.0. The lowest BCUT2D eigenvalue weighted by Crippen LogP contribution is -2.34. The highest BCUT2D eigenvalue weighted by molar-refractivity contribution is 5.83. The predicted molar refractivity (Wildman–Crippen MR) is 108 cm³/mol. The highest BCUT2D eigenvalue weighted by Gasteiger charge is 2.24. The molecular weight excluding hydrogens is 350 g/mol. The minimum atomic E-state index is -0.502. The molecule has 28 heavy (non-hydrogen) atoms. The summed E-state index contributed by atoms with van der Waals surface area (Å²) in [5, 5.41) is 17.0. The number of aryl methyl sites for hydroxylation is 1. The third kappa shape index (κ3) is 3.91. The zero-order chi connectivity index (χ0) is 19.3. The molecule has 1 atom stereocenters. The monoisotopic (exact) mass is 371 g/mol. The molecule has 0 saturated carbocycles. The van der Waals surface area contributed by atoms with E-state index in [4.69, 9.17) is 0 Å². The van der Waals surface area contributed by atoms with Gasteiger partial charge >= 0.3 is 0 Å². The van der Waals surface area contributed by atoms with Crippen molar-refractivity contribution in [2.45, 2.75) is 25.9 Å². The fourth-order valence-electron chi connectivity index (χ4n) is 3.31. The first-order chi connectivity index (χ1) is 13.7. The molecule has 0 spiro atoms. The summed E-state index contributed by atoms with van der Waals surface area (Å²) in [7, 11) is 0. The van der Waals surface area contributed by atoms with Crippen molar-refractivity contribution in [3.63, 3.8) is 0 Å². The van der Waals surface area contributed by atoms with Crippen LogP contribution in [0, 0.1) is 6.92 Å². The van der Waals surface area contributed by atoms with E-state index < -0.39 is 6.04 Å². The number of amides is 1. The van der Waals surface area contributed by atoms with Crippen LogP contribution < -0.4 is 5.32 Å². The summed E-state index contributed by atoms with van der Waals surface area (Å²) in [6.07, 6.45) is 0.524. The molecule has 0 aliphatic carbocycles. The Morgan fingerprint density at radius 3 is 2.46 bits per heavy atom. The molecular formula is C22H21N5O. The molecule has 4 aromatic rings. The first-order valence-corrected chi connectivity index (χ1v) is 9.24. The van der Waals surface area contributed by atoms with E-state index in [1.54, 1.807) is 11.6 Å². The number of hydrogen-bond acceptors (Lipinski definition) is 4. The third-order valence-electron chi connectivity index (χ3n) is 4.81. The number of hydrogen-bond donors (Lipinski definition) is 1. The molecule has 1 unspecified atom stereocenters. The van der Waals surface area contributed by atoms with Crippen LogP contribution in [0.2, 0.25) is 0 Å². The van der Waals surface area contributed by atoms with E-state index in [0.29, 0.717) is 18.8 Å². The SMILES string of the molecule is Cc1nnnn1C(Cc1ccccc1)C(=O)NCc1ccc2ccccc2c1. The van der Waals surface area contributed by atoms with Gasteiger partial charge in [0.25, 0.3) is 0 Å². The standard InChI is InChI=1S/C22H21N5O/c1-16-24-25-26-27(16)21(14-17-7-3-2-4-8-17)22(28)23-15-18-11-12-19-9-5-6-10-20(19)13-18/h2-13,21H,14-15H2,1H3,(H,23,28). The molecule has 1 aromatic heterocycles. The van der Waals surface area contributed by atoms with Gasteiger partial charge in [0.2, 0.25) is 5.91 Å². The minimum Gasteiger partial charge on any atom is -0.350 e. The summed E-state index contributed by atoms with van der Waals surface area (Å²) in [4.78, 5) is 13.0. The van der Waals surface area contributed by atoms with Crippen LogP contribution >= 0.6 is 0 Å². The number of carbonyl (C=O) groups is 1. The van der Waals surface area contributed by atoms with Gasteiger partial charge in [-0.05, 0) is 45.3 Å². The van der Waals surface area contributed by atoms with Gasteiger partial charge in [0, 0.05) is 13.0 Å². The van der Waals surface area contributed by atoms with E-state index in [0.717, 1.165) is 16.5 Å². The maximum atomic E-state index is 13.0. The van der Waals surface area contributed by atoms with Crippen molar-refractivity contribution in [2.24, 2.45) is 0 Å². The van der Waals surface area contributed by atoms with Crippen LogP contribution in [-0.4, -0.2) is 26.1 Å². The molecule has 0 saturated heterocycles. The minimum absolute atomic E-state index is 0.104. The van der Waals surface area contributed by atoms with Crippen molar-refractivity contribution in [2.75, 3.05) is 0 Å². The average Bonchev–Trinajstić information content (AvgIpc) is 3.16.